The quantitative estimate of drug-likeness (QED) is 0.0296. The van der Waals surface area contributed by atoms with E-state index in [4.69, 9.17) is 18.9 Å². The van der Waals surface area contributed by atoms with Crippen LogP contribution in [0.25, 0.3) is 0 Å². The van der Waals surface area contributed by atoms with E-state index in [2.05, 4.69) is 49.4 Å². The summed E-state index contributed by atoms with van der Waals surface area (Å²) in [6.45, 7) is 11.0. The van der Waals surface area contributed by atoms with Crippen LogP contribution in [0, 0.1) is 23.7 Å². The molecule has 0 saturated heterocycles. The second-order valence-corrected chi connectivity index (χ2v) is 13.5. The van der Waals surface area contributed by atoms with Crippen LogP contribution in [-0.2, 0) is 28.5 Å². The van der Waals surface area contributed by atoms with Crippen molar-refractivity contribution < 1.29 is 33.6 Å². The van der Waals surface area contributed by atoms with Crippen LogP contribution in [0.4, 0.5) is 0 Å². The normalized spacial score (nSPS) is 10.9. The van der Waals surface area contributed by atoms with Gasteiger partial charge < -0.3 is 29.0 Å². The molecule has 0 unspecified atom stereocenters. The topological polar surface area (TPSA) is 94.5 Å². The molecule has 0 fully saturated rings. The molecule has 0 saturated carbocycles. The van der Waals surface area contributed by atoms with Gasteiger partial charge in [-0.15, -0.1) is 23.7 Å². The van der Waals surface area contributed by atoms with Gasteiger partial charge in [0.25, 0.3) is 0 Å². The lowest BCUT2D eigenvalue weighted by Gasteiger charge is -2.21. The lowest BCUT2D eigenvalue weighted by atomic mass is 10.1. The highest BCUT2D eigenvalue weighted by molar-refractivity contribution is 5.69. The summed E-state index contributed by atoms with van der Waals surface area (Å²) in [6, 6.07) is 0. The molecule has 0 aliphatic heterocycles. The fraction of sp³-hybridized carbons (Fsp3) is 0.860. The van der Waals surface area contributed by atoms with Crippen molar-refractivity contribution in [3.8, 4) is 23.7 Å². The first-order valence-electron chi connectivity index (χ1n) is 20.9. The first-order valence-corrected chi connectivity index (χ1v) is 20.9. The molecule has 8 heteroatoms. The van der Waals surface area contributed by atoms with Gasteiger partial charge in [0.15, 0.2) is 6.29 Å². The van der Waals surface area contributed by atoms with Gasteiger partial charge in [-0.05, 0) is 58.0 Å². The van der Waals surface area contributed by atoms with Crippen molar-refractivity contribution in [1.82, 2.24) is 4.90 Å². The lowest BCUT2D eigenvalue weighted by molar-refractivity contribution is -0.157. The fourth-order valence-electron chi connectivity index (χ4n) is 5.44. The van der Waals surface area contributed by atoms with Crippen molar-refractivity contribution in [2.75, 3.05) is 52.7 Å². The largest absolute Gasteiger partial charge is 0.466 e. The van der Waals surface area contributed by atoms with Gasteiger partial charge >= 0.3 is 11.9 Å². The Labute approximate surface area is 313 Å². The average Bonchev–Trinajstić information content (AvgIpc) is 3.13. The van der Waals surface area contributed by atoms with Crippen molar-refractivity contribution >= 4 is 11.9 Å². The number of esters is 2. The molecule has 0 atom stereocenters. The molecular formula is C43H77NO7. The van der Waals surface area contributed by atoms with Crippen LogP contribution in [0.15, 0.2) is 0 Å². The summed E-state index contributed by atoms with van der Waals surface area (Å²) in [7, 11) is 0. The number of hydrogen-bond donors (Lipinski definition) is 1. The summed E-state index contributed by atoms with van der Waals surface area (Å²) >= 11 is 0. The zero-order valence-corrected chi connectivity index (χ0v) is 33.3. The first-order chi connectivity index (χ1) is 25.1. The Morgan fingerprint density at radius 2 is 0.961 bits per heavy atom. The Balaban J connectivity index is 4.09. The molecule has 0 spiro atoms. The van der Waals surface area contributed by atoms with Crippen LogP contribution in [0.5, 0.6) is 0 Å². The van der Waals surface area contributed by atoms with Crippen LogP contribution < -0.4 is 0 Å². The smallest absolute Gasteiger partial charge is 0.305 e. The van der Waals surface area contributed by atoms with Gasteiger partial charge in [-0.25, -0.2) is 0 Å². The van der Waals surface area contributed by atoms with Gasteiger partial charge in [0.1, 0.15) is 0 Å². The SMILES string of the molecule is CCCCC#CCCOC(CCC(=O)OCCCCN(CCO)CCCCCCCC(=O)OCCCCCCCCC)OCCC#CCCCC. The Morgan fingerprint density at radius 3 is 1.53 bits per heavy atom. The van der Waals surface area contributed by atoms with Gasteiger partial charge in [0, 0.05) is 45.1 Å². The second-order valence-electron chi connectivity index (χ2n) is 13.5. The number of carbonyl (C=O) groups excluding carboxylic acids is 2. The third-order valence-electron chi connectivity index (χ3n) is 8.62. The van der Waals surface area contributed by atoms with Crippen molar-refractivity contribution in [1.29, 1.82) is 0 Å². The van der Waals surface area contributed by atoms with Gasteiger partial charge in [0.2, 0.25) is 0 Å². The van der Waals surface area contributed by atoms with E-state index in [0.717, 1.165) is 109 Å². The van der Waals surface area contributed by atoms with Gasteiger partial charge in [-0.3, -0.25) is 9.59 Å². The number of hydrogen-bond acceptors (Lipinski definition) is 8. The number of unbranched alkanes of at least 4 members (excludes halogenated alkanes) is 15. The van der Waals surface area contributed by atoms with E-state index >= 15 is 0 Å². The molecule has 296 valence electrons. The monoisotopic (exact) mass is 720 g/mol. The zero-order chi connectivity index (χ0) is 37.3. The zero-order valence-electron chi connectivity index (χ0n) is 33.3. The van der Waals surface area contributed by atoms with Gasteiger partial charge in [0.05, 0.1) is 39.5 Å². The molecule has 0 amide bonds. The summed E-state index contributed by atoms with van der Waals surface area (Å²) in [5.41, 5.74) is 0. The van der Waals surface area contributed by atoms with Crippen molar-refractivity contribution in [3.63, 3.8) is 0 Å². The van der Waals surface area contributed by atoms with E-state index in [1.807, 2.05) is 0 Å². The molecule has 0 aromatic carbocycles. The summed E-state index contributed by atoms with van der Waals surface area (Å²) in [5, 5.41) is 9.51. The Hall–Kier alpha value is -2.10. The standard InChI is InChI=1S/C43H77NO7/c1-4-7-10-13-16-22-26-37-48-41(46)30-23-18-17-19-24-33-44(35-36-45)34-25-29-38-49-42(47)31-32-43(50-39-27-20-14-11-8-5-2)51-40-28-21-15-12-9-6-3/h43,45H,4-13,16-19,22-40H2,1-3H3. The first kappa shape index (κ1) is 48.9. The predicted octanol–water partition coefficient (Wildman–Crippen LogP) is 9.55. The van der Waals surface area contributed by atoms with E-state index in [1.54, 1.807) is 0 Å². The molecule has 0 radical (unpaired) electrons. The third-order valence-corrected chi connectivity index (χ3v) is 8.62. The average molecular weight is 720 g/mol. The molecule has 0 aliphatic carbocycles. The van der Waals surface area contributed by atoms with E-state index in [0.29, 0.717) is 58.7 Å². The molecule has 0 bridgehead atoms. The van der Waals surface area contributed by atoms with Gasteiger partial charge in [-0.2, -0.15) is 0 Å². The minimum atomic E-state index is -0.472. The molecule has 8 nitrogen and oxygen atoms in total. The van der Waals surface area contributed by atoms with E-state index in [-0.39, 0.29) is 25.0 Å². The Morgan fingerprint density at radius 1 is 0.510 bits per heavy atom. The maximum absolute atomic E-state index is 12.4. The van der Waals surface area contributed by atoms with Crippen molar-refractivity contribution in [3.05, 3.63) is 0 Å². The van der Waals surface area contributed by atoms with E-state index < -0.39 is 6.29 Å². The lowest BCUT2D eigenvalue weighted by Crippen LogP contribution is -2.29. The number of aliphatic hydroxyl groups is 1. The number of nitrogens with zero attached hydrogens (tertiary/aromatic N) is 1. The highest BCUT2D eigenvalue weighted by Crippen LogP contribution is 2.11. The second kappa shape index (κ2) is 40.7. The maximum atomic E-state index is 12.4. The molecule has 1 N–H and O–H groups in total. The summed E-state index contributed by atoms with van der Waals surface area (Å²) in [6.07, 6.45) is 23.8. The Kier molecular flexibility index (Phi) is 39.0. The van der Waals surface area contributed by atoms with Crippen molar-refractivity contribution in [2.24, 2.45) is 0 Å². The predicted molar refractivity (Wildman–Crippen MR) is 209 cm³/mol. The van der Waals surface area contributed by atoms with Crippen LogP contribution in [-0.4, -0.2) is 80.9 Å². The molecule has 0 aromatic rings. The fourth-order valence-corrected chi connectivity index (χ4v) is 5.44. The Bertz CT molecular complexity index is 871. The van der Waals surface area contributed by atoms with Gasteiger partial charge in [-0.1, -0.05) is 91.4 Å². The highest BCUT2D eigenvalue weighted by atomic mass is 16.7. The molecule has 0 heterocycles. The highest BCUT2D eigenvalue weighted by Gasteiger charge is 2.13. The van der Waals surface area contributed by atoms with Crippen LogP contribution in [0.2, 0.25) is 0 Å². The third kappa shape index (κ3) is 37.5. The molecule has 0 aromatic heterocycles. The molecule has 51 heavy (non-hydrogen) atoms. The summed E-state index contributed by atoms with van der Waals surface area (Å²) in [4.78, 5) is 26.7. The van der Waals surface area contributed by atoms with E-state index in [9.17, 15) is 14.7 Å². The number of rotatable bonds is 36. The van der Waals surface area contributed by atoms with Crippen molar-refractivity contribution in [2.45, 2.75) is 188 Å². The maximum Gasteiger partial charge on any atom is 0.305 e. The van der Waals surface area contributed by atoms with Crippen LogP contribution in [0.1, 0.15) is 181 Å². The minimum Gasteiger partial charge on any atom is -0.466 e. The number of ether oxygens (including phenoxy) is 4. The van der Waals surface area contributed by atoms with E-state index in [1.165, 1.54) is 32.1 Å². The summed E-state index contributed by atoms with van der Waals surface area (Å²) < 4.78 is 22.7. The number of carbonyl (C=O) groups is 2. The number of aliphatic hydroxyl groups excluding tert-OH is 1. The minimum absolute atomic E-state index is 0.0583. The summed E-state index contributed by atoms with van der Waals surface area (Å²) in [5.74, 6) is 12.4. The van der Waals surface area contributed by atoms with Crippen LogP contribution in [0.3, 0.4) is 0 Å². The molecular weight excluding hydrogens is 642 g/mol. The molecule has 0 aliphatic rings. The molecule has 0 rings (SSSR count). The van der Waals surface area contributed by atoms with Crippen LogP contribution >= 0.6 is 0 Å².